The van der Waals surface area contributed by atoms with Crippen molar-refractivity contribution in [1.29, 1.82) is 0 Å². The summed E-state index contributed by atoms with van der Waals surface area (Å²) in [6.45, 7) is 5.29. The Morgan fingerprint density at radius 3 is 2.72 bits per heavy atom. The third-order valence-corrected chi connectivity index (χ3v) is 5.79. The fraction of sp³-hybridized carbons (Fsp3) is 0.261. The Hall–Kier alpha value is -4.01. The zero-order chi connectivity index (χ0) is 21.8. The zero-order valence-corrected chi connectivity index (χ0v) is 17.9. The fourth-order valence-electron chi connectivity index (χ4n) is 4.26. The van der Waals surface area contributed by atoms with E-state index in [4.69, 9.17) is 30.3 Å². The Balaban J connectivity index is 1.50. The Morgan fingerprint density at radius 1 is 1.09 bits per heavy atom. The standard InChI is InChI=1S/C23H23N7O2/c1-13-5-3-6-15(9-13)29-12-16(14(2)28-29)21-26-22(24)27-23-25-17-10-19-20(11-18(17)30(21)23)32-8-4-7-31-19/h3,5-6,9-12,21H,4,7-8H2,1-2H3,(H3,24,25,26,27). The van der Waals surface area contributed by atoms with Crippen LogP contribution in [0.2, 0.25) is 0 Å². The highest BCUT2D eigenvalue weighted by Gasteiger charge is 2.29. The van der Waals surface area contributed by atoms with Crippen LogP contribution in [0.3, 0.4) is 0 Å². The molecule has 0 aliphatic carbocycles. The lowest BCUT2D eigenvalue weighted by Crippen LogP contribution is -2.31. The minimum absolute atomic E-state index is 0.314. The van der Waals surface area contributed by atoms with Gasteiger partial charge in [0.25, 0.3) is 0 Å². The molecule has 0 saturated heterocycles. The van der Waals surface area contributed by atoms with Crippen molar-refractivity contribution in [2.75, 3.05) is 18.5 Å². The minimum atomic E-state index is -0.403. The van der Waals surface area contributed by atoms with Crippen LogP contribution in [0.5, 0.6) is 11.5 Å². The number of anilines is 1. The number of rotatable bonds is 2. The lowest BCUT2D eigenvalue weighted by atomic mass is 10.2. The Bertz CT molecular complexity index is 1380. The summed E-state index contributed by atoms with van der Waals surface area (Å²) < 4.78 is 15.7. The number of benzene rings is 2. The topological polar surface area (TPSA) is 105 Å². The van der Waals surface area contributed by atoms with E-state index >= 15 is 0 Å². The van der Waals surface area contributed by atoms with Gasteiger partial charge in [-0.25, -0.2) is 14.7 Å². The number of guanidine groups is 1. The molecular weight excluding hydrogens is 406 g/mol. The van der Waals surface area contributed by atoms with E-state index in [1.54, 1.807) is 0 Å². The molecule has 1 atom stereocenters. The number of nitrogens with one attached hydrogen (secondary N) is 1. The number of fused-ring (bicyclic) bond motifs is 4. The third kappa shape index (κ3) is 2.96. The molecule has 2 aliphatic heterocycles. The normalized spacial score (nSPS) is 17.4. The van der Waals surface area contributed by atoms with Crippen LogP contribution < -0.4 is 20.5 Å². The molecule has 2 aromatic carbocycles. The van der Waals surface area contributed by atoms with Gasteiger partial charge in [-0.1, -0.05) is 12.1 Å². The molecule has 4 heterocycles. The lowest BCUT2D eigenvalue weighted by molar-refractivity contribution is 0.297. The highest BCUT2D eigenvalue weighted by molar-refractivity contribution is 5.95. The van der Waals surface area contributed by atoms with Crippen LogP contribution >= 0.6 is 0 Å². The van der Waals surface area contributed by atoms with Crippen LogP contribution in [0.25, 0.3) is 16.7 Å². The third-order valence-electron chi connectivity index (χ3n) is 5.79. The van der Waals surface area contributed by atoms with E-state index in [0.717, 1.165) is 34.4 Å². The van der Waals surface area contributed by atoms with Crippen molar-refractivity contribution < 1.29 is 9.47 Å². The Morgan fingerprint density at radius 2 is 1.91 bits per heavy atom. The average Bonchev–Trinajstić information content (AvgIpc) is 3.23. The quantitative estimate of drug-likeness (QED) is 0.507. The molecule has 9 heteroatoms. The number of aromatic nitrogens is 4. The smallest absolute Gasteiger partial charge is 0.212 e. The molecule has 0 spiro atoms. The van der Waals surface area contributed by atoms with Crippen LogP contribution in [0.4, 0.5) is 5.95 Å². The maximum absolute atomic E-state index is 6.14. The van der Waals surface area contributed by atoms with Crippen LogP contribution in [0.1, 0.15) is 29.4 Å². The second kappa shape index (κ2) is 7.01. The fourth-order valence-corrected chi connectivity index (χ4v) is 4.26. The number of aliphatic imine (C=N–C) groups is 1. The Labute approximate surface area is 184 Å². The van der Waals surface area contributed by atoms with Crippen LogP contribution in [0.15, 0.2) is 47.6 Å². The molecule has 0 bridgehead atoms. The molecule has 0 radical (unpaired) electrons. The van der Waals surface area contributed by atoms with Crippen molar-refractivity contribution in [2.45, 2.75) is 26.4 Å². The summed E-state index contributed by atoms with van der Waals surface area (Å²) in [4.78, 5) is 9.47. The first-order valence-corrected chi connectivity index (χ1v) is 10.6. The predicted octanol–water partition coefficient (Wildman–Crippen LogP) is 3.29. The molecule has 0 fully saturated rings. The first kappa shape index (κ1) is 18.7. The number of nitrogens with zero attached hydrogens (tertiary/aromatic N) is 5. The second-order valence-corrected chi connectivity index (χ2v) is 8.11. The SMILES string of the molecule is Cc1cccc(-n2cc(C3N=C(N)Nc4nc5cc6c(cc5n43)OCCCO6)c(C)n2)c1. The van der Waals surface area contributed by atoms with Gasteiger partial charge in [-0.2, -0.15) is 5.10 Å². The minimum Gasteiger partial charge on any atom is -0.489 e. The molecular formula is C23H23N7O2. The monoisotopic (exact) mass is 429 g/mol. The van der Waals surface area contributed by atoms with Crippen molar-refractivity contribution in [1.82, 2.24) is 19.3 Å². The van der Waals surface area contributed by atoms with Gasteiger partial charge in [0.15, 0.2) is 23.6 Å². The lowest BCUT2D eigenvalue weighted by Gasteiger charge is -2.23. The maximum Gasteiger partial charge on any atom is 0.212 e. The molecule has 32 heavy (non-hydrogen) atoms. The number of imidazole rings is 1. The van der Waals surface area contributed by atoms with Gasteiger partial charge in [-0.15, -0.1) is 0 Å². The summed E-state index contributed by atoms with van der Waals surface area (Å²) in [5.41, 5.74) is 11.8. The van der Waals surface area contributed by atoms with Crippen LogP contribution in [0, 0.1) is 13.8 Å². The number of hydrogen-bond acceptors (Lipinski definition) is 7. The summed E-state index contributed by atoms with van der Waals surface area (Å²) in [7, 11) is 0. The van der Waals surface area contributed by atoms with E-state index < -0.39 is 6.17 Å². The maximum atomic E-state index is 6.14. The summed E-state index contributed by atoms with van der Waals surface area (Å²) in [5.74, 6) is 2.36. The van der Waals surface area contributed by atoms with Gasteiger partial charge in [0.2, 0.25) is 5.95 Å². The molecule has 2 aliphatic rings. The largest absolute Gasteiger partial charge is 0.489 e. The van der Waals surface area contributed by atoms with E-state index in [2.05, 4.69) is 24.4 Å². The molecule has 162 valence electrons. The van der Waals surface area contributed by atoms with Gasteiger partial charge in [-0.05, 0) is 31.5 Å². The number of hydrogen-bond donors (Lipinski definition) is 2. The van der Waals surface area contributed by atoms with E-state index in [1.165, 1.54) is 5.56 Å². The molecule has 6 rings (SSSR count). The van der Waals surface area contributed by atoms with Gasteiger partial charge < -0.3 is 15.2 Å². The zero-order valence-electron chi connectivity index (χ0n) is 17.9. The van der Waals surface area contributed by atoms with Crippen molar-refractivity contribution >= 4 is 22.9 Å². The molecule has 2 aromatic heterocycles. The molecule has 0 amide bonds. The number of aryl methyl sites for hydroxylation is 2. The molecule has 4 aromatic rings. The van der Waals surface area contributed by atoms with E-state index in [-0.39, 0.29) is 0 Å². The molecule has 0 saturated carbocycles. The van der Waals surface area contributed by atoms with Gasteiger partial charge in [0.05, 0.1) is 35.6 Å². The summed E-state index contributed by atoms with van der Waals surface area (Å²) in [6, 6.07) is 12.1. The molecule has 3 N–H and O–H groups in total. The Kier molecular flexibility index (Phi) is 4.11. The van der Waals surface area contributed by atoms with E-state index in [0.29, 0.717) is 36.6 Å². The van der Waals surface area contributed by atoms with Gasteiger partial charge in [0.1, 0.15) is 0 Å². The van der Waals surface area contributed by atoms with Crippen molar-refractivity contribution in [3.8, 4) is 17.2 Å². The average molecular weight is 429 g/mol. The highest BCUT2D eigenvalue weighted by Crippen LogP contribution is 2.39. The first-order valence-electron chi connectivity index (χ1n) is 10.6. The molecule has 1 unspecified atom stereocenters. The predicted molar refractivity (Wildman–Crippen MR) is 122 cm³/mol. The second-order valence-electron chi connectivity index (χ2n) is 8.11. The summed E-state index contributed by atoms with van der Waals surface area (Å²) >= 11 is 0. The first-order chi connectivity index (χ1) is 15.6. The van der Waals surface area contributed by atoms with Crippen LogP contribution in [-0.4, -0.2) is 38.5 Å². The summed E-state index contributed by atoms with van der Waals surface area (Å²) in [5, 5.41) is 7.84. The van der Waals surface area contributed by atoms with Crippen LogP contribution in [-0.2, 0) is 0 Å². The van der Waals surface area contributed by atoms with E-state index in [1.807, 2.05) is 46.6 Å². The van der Waals surface area contributed by atoms with E-state index in [9.17, 15) is 0 Å². The molecule has 9 nitrogen and oxygen atoms in total. The van der Waals surface area contributed by atoms with Crippen molar-refractivity contribution in [3.05, 3.63) is 59.4 Å². The summed E-state index contributed by atoms with van der Waals surface area (Å²) in [6.07, 6.45) is 2.45. The number of nitrogens with two attached hydrogens (primary N) is 1. The highest BCUT2D eigenvalue weighted by atomic mass is 16.5. The van der Waals surface area contributed by atoms with Crippen molar-refractivity contribution in [2.24, 2.45) is 10.7 Å². The van der Waals surface area contributed by atoms with Gasteiger partial charge in [-0.3, -0.25) is 9.88 Å². The number of ether oxygens (including phenoxy) is 2. The van der Waals surface area contributed by atoms with Gasteiger partial charge >= 0.3 is 0 Å². The van der Waals surface area contributed by atoms with Crippen molar-refractivity contribution in [3.63, 3.8) is 0 Å². The van der Waals surface area contributed by atoms with Gasteiger partial charge in [0, 0.05) is 30.3 Å².